The molecule has 0 saturated heterocycles. The van der Waals surface area contributed by atoms with Crippen LogP contribution in [-0.4, -0.2) is 38.9 Å². The van der Waals surface area contributed by atoms with E-state index in [1.54, 1.807) is 12.4 Å². The summed E-state index contributed by atoms with van der Waals surface area (Å²) in [5.41, 5.74) is 3.83. The number of rotatable bonds is 5. The molecule has 144 valence electrons. The smallest absolute Gasteiger partial charge is 0.407 e. The van der Waals surface area contributed by atoms with Crippen LogP contribution in [0, 0.1) is 0 Å². The van der Waals surface area contributed by atoms with Gasteiger partial charge in [-0.05, 0) is 57.2 Å². The van der Waals surface area contributed by atoms with Crippen molar-refractivity contribution in [3.05, 3.63) is 41.3 Å². The number of carbonyl (C=O) groups is 2. The lowest BCUT2D eigenvalue weighted by atomic mass is 9.90. The minimum absolute atomic E-state index is 0.354. The predicted octanol–water partition coefficient (Wildman–Crippen LogP) is 3.26. The fourth-order valence-electron chi connectivity index (χ4n) is 3.40. The molecule has 2 N–H and O–H groups in total. The first-order valence-corrected chi connectivity index (χ1v) is 9.11. The van der Waals surface area contributed by atoms with Gasteiger partial charge >= 0.3 is 12.1 Å². The van der Waals surface area contributed by atoms with Crippen molar-refractivity contribution < 1.29 is 19.4 Å². The summed E-state index contributed by atoms with van der Waals surface area (Å²) in [6, 6.07) is 1.94. The number of ether oxygens (including phenoxy) is 1. The Bertz CT molecular complexity index is 865. The highest BCUT2D eigenvalue weighted by molar-refractivity contribution is 5.93. The lowest BCUT2D eigenvalue weighted by Gasteiger charge is -2.20. The number of carboxylic acids is 1. The summed E-state index contributed by atoms with van der Waals surface area (Å²) in [4.78, 5) is 27.6. The second kappa shape index (κ2) is 7.42. The highest BCUT2D eigenvalue weighted by atomic mass is 16.6. The fraction of sp³-hybridized carbons (Fsp3) is 0.450. The van der Waals surface area contributed by atoms with E-state index in [4.69, 9.17) is 4.74 Å². The van der Waals surface area contributed by atoms with Gasteiger partial charge in [-0.2, -0.15) is 0 Å². The van der Waals surface area contributed by atoms with Gasteiger partial charge < -0.3 is 19.7 Å². The number of carboxylic acid groups (broad SMARTS) is 1. The number of amides is 1. The maximum absolute atomic E-state index is 11.7. The van der Waals surface area contributed by atoms with Crippen LogP contribution in [0.25, 0.3) is 11.3 Å². The molecule has 0 saturated carbocycles. The minimum atomic E-state index is -0.908. The Balaban J connectivity index is 1.74. The molecule has 0 unspecified atom stereocenters. The summed E-state index contributed by atoms with van der Waals surface area (Å²) < 4.78 is 7.20. The van der Waals surface area contributed by atoms with Crippen molar-refractivity contribution in [2.45, 2.75) is 52.2 Å². The average Bonchev–Trinajstić information content (AvgIpc) is 2.96. The van der Waals surface area contributed by atoms with Crippen LogP contribution in [0.15, 0.2) is 24.7 Å². The number of carbonyl (C=O) groups excluding carboxylic acids is 1. The van der Waals surface area contributed by atoms with Gasteiger partial charge in [0, 0.05) is 37.2 Å². The molecule has 2 aromatic rings. The molecule has 3 rings (SSSR count). The van der Waals surface area contributed by atoms with Gasteiger partial charge in [0.25, 0.3) is 0 Å². The van der Waals surface area contributed by atoms with Crippen molar-refractivity contribution in [2.75, 3.05) is 6.54 Å². The number of nitrogens with zero attached hydrogens (tertiary/aromatic N) is 2. The molecule has 1 amide bonds. The molecule has 2 aromatic heterocycles. The molecule has 0 atom stereocenters. The summed E-state index contributed by atoms with van der Waals surface area (Å²) in [6.45, 7) is 6.51. The van der Waals surface area contributed by atoms with E-state index in [0.717, 1.165) is 28.8 Å². The topological polar surface area (TPSA) is 93.5 Å². The molecule has 7 heteroatoms. The summed E-state index contributed by atoms with van der Waals surface area (Å²) >= 11 is 0. The van der Waals surface area contributed by atoms with E-state index in [-0.39, 0.29) is 0 Å². The number of aryl methyl sites for hydroxylation is 2. The van der Waals surface area contributed by atoms with Gasteiger partial charge in [0.1, 0.15) is 5.60 Å². The minimum Gasteiger partial charge on any atom is -0.478 e. The second-order valence-corrected chi connectivity index (χ2v) is 7.68. The van der Waals surface area contributed by atoms with Crippen LogP contribution in [0.3, 0.4) is 0 Å². The number of alkyl carbamates (subject to hydrolysis) is 1. The normalized spacial score (nSPS) is 12.9. The fourth-order valence-corrected chi connectivity index (χ4v) is 3.40. The molecule has 1 aliphatic carbocycles. The van der Waals surface area contributed by atoms with Crippen molar-refractivity contribution >= 4 is 12.1 Å². The van der Waals surface area contributed by atoms with Gasteiger partial charge in [0.2, 0.25) is 0 Å². The number of hydrogen-bond acceptors (Lipinski definition) is 4. The first-order chi connectivity index (χ1) is 12.8. The molecular formula is C20H25N3O4. The molecule has 0 aliphatic heterocycles. The molecule has 0 spiro atoms. The quantitative estimate of drug-likeness (QED) is 0.787. The zero-order chi connectivity index (χ0) is 19.6. The summed E-state index contributed by atoms with van der Waals surface area (Å²) in [6.07, 6.45) is 6.99. The van der Waals surface area contributed by atoms with Crippen LogP contribution in [0.5, 0.6) is 0 Å². The highest BCUT2D eigenvalue weighted by Crippen LogP contribution is 2.36. The van der Waals surface area contributed by atoms with E-state index in [1.807, 2.05) is 37.6 Å². The van der Waals surface area contributed by atoms with Crippen molar-refractivity contribution in [1.82, 2.24) is 14.9 Å². The number of aromatic nitrogens is 2. The molecule has 0 fully saturated rings. The van der Waals surface area contributed by atoms with Gasteiger partial charge in [-0.15, -0.1) is 0 Å². The molecule has 0 radical (unpaired) electrons. The van der Waals surface area contributed by atoms with Crippen molar-refractivity contribution in [2.24, 2.45) is 0 Å². The maximum atomic E-state index is 11.7. The van der Waals surface area contributed by atoms with Crippen molar-refractivity contribution in [3.63, 3.8) is 0 Å². The third-order valence-electron chi connectivity index (χ3n) is 4.46. The highest BCUT2D eigenvalue weighted by Gasteiger charge is 2.26. The molecule has 1 aliphatic rings. The van der Waals surface area contributed by atoms with E-state index in [2.05, 4.69) is 10.3 Å². The van der Waals surface area contributed by atoms with Crippen LogP contribution in [0.1, 0.15) is 48.7 Å². The van der Waals surface area contributed by atoms with Gasteiger partial charge in [0.15, 0.2) is 0 Å². The van der Waals surface area contributed by atoms with Crippen LogP contribution >= 0.6 is 0 Å². The molecular weight excluding hydrogens is 346 g/mol. The Kier molecular flexibility index (Phi) is 5.21. The monoisotopic (exact) mass is 371 g/mol. The third-order valence-corrected chi connectivity index (χ3v) is 4.46. The van der Waals surface area contributed by atoms with E-state index in [1.165, 1.54) is 0 Å². The molecule has 2 heterocycles. The first kappa shape index (κ1) is 18.9. The predicted molar refractivity (Wildman–Crippen MR) is 101 cm³/mol. The standard InChI is InChI=1S/C20H25N3O4/c1-20(2,3)27-19(26)22-8-4-10-23-12-16(18(24)25)15-6-5-13-11-21-9-7-14(13)17(15)23/h7,9,11-12H,4-6,8,10H2,1-3H3,(H,22,26)(H,24,25). The van der Waals surface area contributed by atoms with Crippen LogP contribution in [0.4, 0.5) is 4.79 Å². The van der Waals surface area contributed by atoms with E-state index >= 15 is 0 Å². The van der Waals surface area contributed by atoms with Gasteiger partial charge in [-0.25, -0.2) is 9.59 Å². The number of pyridine rings is 1. The lowest BCUT2D eigenvalue weighted by Crippen LogP contribution is -2.33. The maximum Gasteiger partial charge on any atom is 0.407 e. The lowest BCUT2D eigenvalue weighted by molar-refractivity contribution is 0.0526. The molecule has 7 nitrogen and oxygen atoms in total. The van der Waals surface area contributed by atoms with Crippen LogP contribution < -0.4 is 5.32 Å². The molecule has 27 heavy (non-hydrogen) atoms. The molecule has 0 aromatic carbocycles. The Morgan fingerprint density at radius 1 is 1.33 bits per heavy atom. The second-order valence-electron chi connectivity index (χ2n) is 7.68. The van der Waals surface area contributed by atoms with E-state index < -0.39 is 17.7 Å². The van der Waals surface area contributed by atoms with Crippen LogP contribution in [0.2, 0.25) is 0 Å². The Hall–Kier alpha value is -2.83. The zero-order valence-corrected chi connectivity index (χ0v) is 15.9. The molecule has 0 bridgehead atoms. The van der Waals surface area contributed by atoms with Gasteiger partial charge in [-0.1, -0.05) is 0 Å². The van der Waals surface area contributed by atoms with Gasteiger partial charge in [-0.3, -0.25) is 4.98 Å². The number of nitrogens with one attached hydrogen (secondary N) is 1. The Morgan fingerprint density at radius 2 is 2.11 bits per heavy atom. The number of fused-ring (bicyclic) bond motifs is 3. The van der Waals surface area contributed by atoms with Gasteiger partial charge in [0.05, 0.1) is 11.3 Å². The summed E-state index contributed by atoms with van der Waals surface area (Å²) in [5.74, 6) is -0.908. The summed E-state index contributed by atoms with van der Waals surface area (Å²) in [5, 5.41) is 12.3. The number of aromatic carboxylic acids is 1. The average molecular weight is 371 g/mol. The number of hydrogen-bond donors (Lipinski definition) is 2. The summed E-state index contributed by atoms with van der Waals surface area (Å²) in [7, 11) is 0. The largest absolute Gasteiger partial charge is 0.478 e. The van der Waals surface area contributed by atoms with E-state index in [0.29, 0.717) is 31.5 Å². The van der Waals surface area contributed by atoms with Crippen LogP contribution in [-0.2, 0) is 24.1 Å². The first-order valence-electron chi connectivity index (χ1n) is 9.11. The van der Waals surface area contributed by atoms with Crippen molar-refractivity contribution in [1.29, 1.82) is 0 Å². The van der Waals surface area contributed by atoms with Crippen molar-refractivity contribution in [3.8, 4) is 11.3 Å². The third kappa shape index (κ3) is 4.30. The van der Waals surface area contributed by atoms with E-state index in [9.17, 15) is 14.7 Å². The Morgan fingerprint density at radius 3 is 2.81 bits per heavy atom. The Labute approximate surface area is 158 Å². The zero-order valence-electron chi connectivity index (χ0n) is 15.9. The SMILES string of the molecule is CC(C)(C)OC(=O)NCCCn1cc(C(=O)O)c2c1-c1ccncc1CC2.